The predicted molar refractivity (Wildman–Crippen MR) is 74.1 cm³/mol. The minimum atomic E-state index is 0.638. The van der Waals surface area contributed by atoms with Gasteiger partial charge in [0.15, 0.2) is 0 Å². The molecule has 4 unspecified atom stereocenters. The topological polar surface area (TPSA) is 15.3 Å². The first kappa shape index (κ1) is 13.4. The van der Waals surface area contributed by atoms with Crippen molar-refractivity contribution in [3.8, 4) is 0 Å². The van der Waals surface area contributed by atoms with Gasteiger partial charge in [-0.1, -0.05) is 20.3 Å². The summed E-state index contributed by atoms with van der Waals surface area (Å²) in [6.45, 7) is 7.15. The zero-order chi connectivity index (χ0) is 12.4. The lowest BCUT2D eigenvalue weighted by molar-refractivity contribution is 0.194. The van der Waals surface area contributed by atoms with E-state index >= 15 is 0 Å². The van der Waals surface area contributed by atoms with E-state index in [1.165, 1.54) is 38.8 Å². The maximum absolute atomic E-state index is 3.45. The zero-order valence-electron chi connectivity index (χ0n) is 12.1. The maximum atomic E-state index is 3.45. The van der Waals surface area contributed by atoms with Crippen molar-refractivity contribution in [1.82, 2.24) is 10.2 Å². The van der Waals surface area contributed by atoms with Crippen molar-refractivity contribution in [1.29, 1.82) is 0 Å². The molecular formula is C15H30N2. The Morgan fingerprint density at radius 1 is 1.24 bits per heavy atom. The summed E-state index contributed by atoms with van der Waals surface area (Å²) in [4.78, 5) is 2.56. The molecule has 4 atom stereocenters. The van der Waals surface area contributed by atoms with E-state index in [2.05, 4.69) is 38.2 Å². The van der Waals surface area contributed by atoms with Crippen molar-refractivity contribution in [3.63, 3.8) is 0 Å². The summed E-state index contributed by atoms with van der Waals surface area (Å²) in [7, 11) is 4.40. The van der Waals surface area contributed by atoms with Crippen LogP contribution in [-0.4, -0.2) is 38.1 Å². The van der Waals surface area contributed by atoms with Gasteiger partial charge in [-0.2, -0.15) is 0 Å². The average Bonchev–Trinajstić information content (AvgIpc) is 2.87. The molecule has 2 rings (SSSR count). The van der Waals surface area contributed by atoms with Gasteiger partial charge in [-0.15, -0.1) is 0 Å². The molecule has 2 aliphatic carbocycles. The van der Waals surface area contributed by atoms with Crippen LogP contribution in [0.5, 0.6) is 0 Å². The fraction of sp³-hybridized carbons (Fsp3) is 1.00. The highest BCUT2D eigenvalue weighted by Gasteiger charge is 2.39. The van der Waals surface area contributed by atoms with Gasteiger partial charge >= 0.3 is 0 Å². The molecule has 2 nitrogen and oxygen atoms in total. The van der Waals surface area contributed by atoms with Crippen LogP contribution in [0.3, 0.4) is 0 Å². The molecule has 0 aromatic rings. The van der Waals surface area contributed by atoms with Crippen LogP contribution in [0.15, 0.2) is 0 Å². The largest absolute Gasteiger partial charge is 0.315 e. The van der Waals surface area contributed by atoms with Gasteiger partial charge in [0.05, 0.1) is 0 Å². The van der Waals surface area contributed by atoms with Gasteiger partial charge in [0, 0.05) is 19.1 Å². The monoisotopic (exact) mass is 238 g/mol. The van der Waals surface area contributed by atoms with E-state index in [0.29, 0.717) is 6.04 Å². The fourth-order valence-corrected chi connectivity index (χ4v) is 4.05. The molecule has 0 amide bonds. The molecule has 0 aromatic heterocycles. The van der Waals surface area contributed by atoms with Crippen molar-refractivity contribution >= 4 is 0 Å². The first-order valence-electron chi connectivity index (χ1n) is 7.46. The normalized spacial score (nSPS) is 33.9. The second-order valence-corrected chi connectivity index (χ2v) is 6.80. The third kappa shape index (κ3) is 3.23. The van der Waals surface area contributed by atoms with E-state index < -0.39 is 0 Å². The third-order valence-electron chi connectivity index (χ3n) is 5.11. The highest BCUT2D eigenvalue weighted by Crippen LogP contribution is 2.48. The fourth-order valence-electron chi connectivity index (χ4n) is 4.05. The average molecular weight is 238 g/mol. The summed E-state index contributed by atoms with van der Waals surface area (Å²) in [5.74, 6) is 3.88. The Hall–Kier alpha value is -0.0800. The molecular weight excluding hydrogens is 208 g/mol. The summed E-state index contributed by atoms with van der Waals surface area (Å²) >= 11 is 0. The van der Waals surface area contributed by atoms with Crippen LogP contribution in [0, 0.1) is 23.7 Å². The van der Waals surface area contributed by atoms with Crippen molar-refractivity contribution in [3.05, 3.63) is 0 Å². The van der Waals surface area contributed by atoms with E-state index in [-0.39, 0.29) is 0 Å². The van der Waals surface area contributed by atoms with Crippen LogP contribution >= 0.6 is 0 Å². The van der Waals surface area contributed by atoms with Gasteiger partial charge in [-0.3, -0.25) is 0 Å². The Morgan fingerprint density at radius 3 is 2.47 bits per heavy atom. The summed E-state index contributed by atoms with van der Waals surface area (Å²) < 4.78 is 0. The van der Waals surface area contributed by atoms with E-state index in [0.717, 1.165) is 23.7 Å². The summed E-state index contributed by atoms with van der Waals surface area (Å²) in [5.41, 5.74) is 0. The lowest BCUT2D eigenvalue weighted by atomic mass is 9.88. The van der Waals surface area contributed by atoms with E-state index in [1.54, 1.807) is 0 Å². The van der Waals surface area contributed by atoms with Gasteiger partial charge in [0.25, 0.3) is 0 Å². The Kier molecular flexibility index (Phi) is 4.48. The number of rotatable bonds is 6. The molecule has 100 valence electrons. The van der Waals surface area contributed by atoms with Gasteiger partial charge in [0.1, 0.15) is 0 Å². The highest BCUT2D eigenvalue weighted by atomic mass is 15.1. The van der Waals surface area contributed by atoms with Gasteiger partial charge in [0.2, 0.25) is 0 Å². The Labute approximate surface area is 107 Å². The maximum Gasteiger partial charge on any atom is 0.0214 e. The van der Waals surface area contributed by atoms with Crippen molar-refractivity contribution in [2.45, 2.75) is 45.6 Å². The standard InChI is InChI=1S/C15H30N2/c1-11(2)15(16-3)10-17(4)9-14-8-12-5-6-13(14)7-12/h11-16H,5-10H2,1-4H3. The molecule has 0 spiro atoms. The quantitative estimate of drug-likeness (QED) is 0.765. The van der Waals surface area contributed by atoms with Crippen LogP contribution in [-0.2, 0) is 0 Å². The van der Waals surface area contributed by atoms with Gasteiger partial charge in [-0.25, -0.2) is 0 Å². The van der Waals surface area contributed by atoms with Crippen molar-refractivity contribution < 1.29 is 0 Å². The molecule has 0 heterocycles. The van der Waals surface area contributed by atoms with Gasteiger partial charge < -0.3 is 10.2 Å². The summed E-state index contributed by atoms with van der Waals surface area (Å²) in [6, 6.07) is 0.638. The lowest BCUT2D eigenvalue weighted by Crippen LogP contribution is -2.43. The minimum Gasteiger partial charge on any atom is -0.315 e. The number of fused-ring (bicyclic) bond motifs is 2. The van der Waals surface area contributed by atoms with Crippen LogP contribution in [0.25, 0.3) is 0 Å². The number of likely N-dealkylation sites (N-methyl/N-ethyl adjacent to an activating group) is 2. The van der Waals surface area contributed by atoms with Crippen LogP contribution in [0.2, 0.25) is 0 Å². The van der Waals surface area contributed by atoms with Gasteiger partial charge in [-0.05, 0) is 57.0 Å². The zero-order valence-corrected chi connectivity index (χ0v) is 12.1. The van der Waals surface area contributed by atoms with E-state index in [1.807, 2.05) is 0 Å². The molecule has 0 radical (unpaired) electrons. The van der Waals surface area contributed by atoms with Crippen molar-refractivity contribution in [2.24, 2.45) is 23.7 Å². The molecule has 2 fully saturated rings. The lowest BCUT2D eigenvalue weighted by Gasteiger charge is -2.31. The second-order valence-electron chi connectivity index (χ2n) is 6.80. The molecule has 0 aliphatic heterocycles. The van der Waals surface area contributed by atoms with E-state index in [9.17, 15) is 0 Å². The molecule has 0 aromatic carbocycles. The van der Waals surface area contributed by atoms with E-state index in [4.69, 9.17) is 0 Å². The van der Waals surface area contributed by atoms with Crippen LogP contribution in [0.1, 0.15) is 39.5 Å². The first-order chi connectivity index (χ1) is 8.10. The smallest absolute Gasteiger partial charge is 0.0214 e. The Morgan fingerprint density at radius 2 is 2.00 bits per heavy atom. The Balaban J connectivity index is 1.75. The van der Waals surface area contributed by atoms with Crippen LogP contribution < -0.4 is 5.32 Å². The Bertz CT molecular complexity index is 239. The third-order valence-corrected chi connectivity index (χ3v) is 5.11. The number of hydrogen-bond acceptors (Lipinski definition) is 2. The number of nitrogens with one attached hydrogen (secondary N) is 1. The van der Waals surface area contributed by atoms with Crippen LogP contribution in [0.4, 0.5) is 0 Å². The molecule has 17 heavy (non-hydrogen) atoms. The number of hydrogen-bond donors (Lipinski definition) is 1. The summed E-state index contributed by atoms with van der Waals surface area (Å²) in [6.07, 6.45) is 6.10. The molecule has 2 saturated carbocycles. The minimum absolute atomic E-state index is 0.638. The van der Waals surface area contributed by atoms with Crippen molar-refractivity contribution in [2.75, 3.05) is 27.2 Å². The SMILES string of the molecule is CNC(CN(C)CC1CC2CCC1C2)C(C)C. The second kappa shape index (κ2) is 5.71. The predicted octanol–water partition coefficient (Wildman–Crippen LogP) is 2.60. The highest BCUT2D eigenvalue weighted by molar-refractivity contribution is 4.91. The number of nitrogens with zero attached hydrogens (tertiary/aromatic N) is 1. The summed E-state index contributed by atoms with van der Waals surface area (Å²) in [5, 5.41) is 3.45. The molecule has 0 saturated heterocycles. The molecule has 1 N–H and O–H groups in total. The first-order valence-corrected chi connectivity index (χ1v) is 7.46. The molecule has 2 heteroatoms. The molecule has 2 bridgehead atoms. The molecule has 2 aliphatic rings.